The maximum atomic E-state index is 12.7. The monoisotopic (exact) mass is 416 g/mol. The minimum absolute atomic E-state index is 0.350. The van der Waals surface area contributed by atoms with Gasteiger partial charge in [-0.25, -0.2) is 8.42 Å². The number of H-pyrrole nitrogens is 1. The summed E-state index contributed by atoms with van der Waals surface area (Å²) in [5.41, 5.74) is 3.41. The number of sulfonamides is 1. The van der Waals surface area contributed by atoms with Crippen LogP contribution in [-0.2, 0) is 10.0 Å². The molecule has 4 nitrogen and oxygen atoms in total. The van der Waals surface area contributed by atoms with Gasteiger partial charge < -0.3 is 4.98 Å². The molecule has 4 rings (SSSR count). The van der Waals surface area contributed by atoms with E-state index in [4.69, 9.17) is 0 Å². The quantitative estimate of drug-likeness (QED) is 0.687. The zero-order valence-electron chi connectivity index (χ0n) is 13.4. The fourth-order valence-electron chi connectivity index (χ4n) is 3.21. The van der Waals surface area contributed by atoms with Gasteiger partial charge in [0.25, 0.3) is 0 Å². The minimum atomic E-state index is -3.43. The van der Waals surface area contributed by atoms with Gasteiger partial charge in [0.15, 0.2) is 0 Å². The van der Waals surface area contributed by atoms with Gasteiger partial charge >= 0.3 is 0 Å². The Labute approximate surface area is 155 Å². The molecule has 1 aromatic heterocycles. The van der Waals surface area contributed by atoms with Crippen molar-refractivity contribution >= 4 is 42.4 Å². The summed E-state index contributed by atoms with van der Waals surface area (Å²) in [5, 5.41) is 1.15. The number of aromatic amines is 1. The number of fused-ring (bicyclic) bond motifs is 1. The van der Waals surface area contributed by atoms with E-state index in [2.05, 4.69) is 27.0 Å². The van der Waals surface area contributed by atoms with Crippen molar-refractivity contribution in [3.63, 3.8) is 0 Å². The van der Waals surface area contributed by atoms with Crippen LogP contribution in [0.25, 0.3) is 16.5 Å². The van der Waals surface area contributed by atoms with Crippen LogP contribution in [0.15, 0.2) is 70.2 Å². The van der Waals surface area contributed by atoms with Crippen LogP contribution in [0.3, 0.4) is 0 Å². The first-order valence-corrected chi connectivity index (χ1v) is 10.3. The molecular weight excluding hydrogens is 400 g/mol. The Morgan fingerprint density at radius 2 is 1.88 bits per heavy atom. The summed E-state index contributed by atoms with van der Waals surface area (Å²) in [6, 6.07) is 14.8. The third-order valence-corrected chi connectivity index (χ3v) is 6.92. The van der Waals surface area contributed by atoms with Crippen molar-refractivity contribution in [2.45, 2.75) is 11.3 Å². The highest BCUT2D eigenvalue weighted by Crippen LogP contribution is 2.32. The summed E-state index contributed by atoms with van der Waals surface area (Å²) < 4.78 is 28.0. The highest BCUT2D eigenvalue weighted by molar-refractivity contribution is 9.10. The number of nitrogens with one attached hydrogen (secondary N) is 1. The first-order valence-electron chi connectivity index (χ1n) is 8.07. The molecule has 1 N–H and O–H groups in total. The molecule has 0 radical (unpaired) electrons. The fourth-order valence-corrected chi connectivity index (χ4v) is 4.98. The highest BCUT2D eigenvalue weighted by atomic mass is 79.9. The lowest BCUT2D eigenvalue weighted by atomic mass is 10.00. The molecule has 0 spiro atoms. The average molecular weight is 417 g/mol. The smallest absolute Gasteiger partial charge is 0.243 e. The molecular formula is C19H17BrN2O2S. The Balaban J connectivity index is 1.63. The molecule has 0 aliphatic carbocycles. The summed E-state index contributed by atoms with van der Waals surface area (Å²) in [4.78, 5) is 3.64. The molecule has 25 heavy (non-hydrogen) atoms. The summed E-state index contributed by atoms with van der Waals surface area (Å²) in [5.74, 6) is 0. The van der Waals surface area contributed by atoms with Gasteiger partial charge in [-0.1, -0.05) is 40.2 Å². The van der Waals surface area contributed by atoms with Crippen LogP contribution in [0, 0.1) is 0 Å². The van der Waals surface area contributed by atoms with E-state index in [-0.39, 0.29) is 0 Å². The predicted molar refractivity (Wildman–Crippen MR) is 104 cm³/mol. The molecule has 0 atom stereocenters. The second-order valence-electron chi connectivity index (χ2n) is 6.05. The fraction of sp³-hybridized carbons (Fsp3) is 0.158. The average Bonchev–Trinajstić information content (AvgIpc) is 3.05. The Kier molecular flexibility index (Phi) is 4.27. The van der Waals surface area contributed by atoms with Gasteiger partial charge in [0.2, 0.25) is 10.0 Å². The second kappa shape index (κ2) is 6.44. The first-order chi connectivity index (χ1) is 12.1. The van der Waals surface area contributed by atoms with E-state index < -0.39 is 10.0 Å². The topological polar surface area (TPSA) is 53.2 Å². The maximum Gasteiger partial charge on any atom is 0.243 e. The highest BCUT2D eigenvalue weighted by Gasteiger charge is 2.26. The van der Waals surface area contributed by atoms with Crippen molar-refractivity contribution < 1.29 is 8.42 Å². The molecule has 6 heteroatoms. The summed E-state index contributed by atoms with van der Waals surface area (Å²) in [7, 11) is -3.43. The predicted octanol–water partition coefficient (Wildman–Crippen LogP) is 4.41. The van der Waals surface area contributed by atoms with Crippen LogP contribution < -0.4 is 0 Å². The van der Waals surface area contributed by atoms with Crippen LogP contribution >= 0.6 is 15.9 Å². The molecule has 0 unspecified atom stereocenters. The molecule has 1 aliphatic rings. The number of nitrogens with zero attached hydrogens (tertiary/aromatic N) is 1. The Hall–Kier alpha value is -1.89. The largest absolute Gasteiger partial charge is 0.361 e. The lowest BCUT2D eigenvalue weighted by Crippen LogP contribution is -2.34. The van der Waals surface area contributed by atoms with E-state index in [0.717, 1.165) is 20.9 Å². The van der Waals surface area contributed by atoms with E-state index in [1.807, 2.05) is 30.5 Å². The molecule has 2 heterocycles. The molecule has 0 saturated carbocycles. The molecule has 3 aromatic rings. The van der Waals surface area contributed by atoms with Crippen LogP contribution in [0.1, 0.15) is 12.0 Å². The van der Waals surface area contributed by atoms with Crippen molar-refractivity contribution in [3.8, 4) is 0 Å². The molecule has 0 bridgehead atoms. The number of halogens is 1. The van der Waals surface area contributed by atoms with Gasteiger partial charge in [-0.05, 0) is 42.3 Å². The normalized spacial score (nSPS) is 16.1. The number of benzene rings is 2. The SMILES string of the molecule is O=S(=O)(c1ccccc1)N1CC=C(c2c[nH]c3ccc(Br)cc23)CC1. The molecule has 0 amide bonds. The van der Waals surface area contributed by atoms with Gasteiger partial charge in [0, 0.05) is 40.2 Å². The van der Waals surface area contributed by atoms with Crippen LogP contribution in [-0.4, -0.2) is 30.8 Å². The molecule has 1 aliphatic heterocycles. The standard InChI is InChI=1S/C19H17BrN2O2S/c20-15-6-7-19-17(12-15)18(13-21-19)14-8-10-22(11-9-14)25(23,24)16-4-2-1-3-5-16/h1-8,12-13,21H,9-11H2. The van der Waals surface area contributed by atoms with E-state index in [1.165, 1.54) is 9.88 Å². The third kappa shape index (κ3) is 3.05. The summed E-state index contributed by atoms with van der Waals surface area (Å²) in [6.07, 6.45) is 4.73. The molecule has 128 valence electrons. The van der Waals surface area contributed by atoms with Crippen molar-refractivity contribution in [1.29, 1.82) is 0 Å². The summed E-state index contributed by atoms with van der Waals surface area (Å²) >= 11 is 3.52. The van der Waals surface area contributed by atoms with E-state index >= 15 is 0 Å². The molecule has 2 aromatic carbocycles. The van der Waals surface area contributed by atoms with E-state index in [9.17, 15) is 8.42 Å². The van der Waals surface area contributed by atoms with Gasteiger partial charge in [-0.2, -0.15) is 4.31 Å². The summed E-state index contributed by atoms with van der Waals surface area (Å²) in [6.45, 7) is 0.886. The lowest BCUT2D eigenvalue weighted by molar-refractivity contribution is 0.441. The molecule has 0 saturated heterocycles. The van der Waals surface area contributed by atoms with Crippen LogP contribution in [0.5, 0.6) is 0 Å². The Bertz CT molecular complexity index is 1060. The van der Waals surface area contributed by atoms with Gasteiger partial charge in [0.05, 0.1) is 4.90 Å². The van der Waals surface area contributed by atoms with Gasteiger partial charge in [0.1, 0.15) is 0 Å². The van der Waals surface area contributed by atoms with Gasteiger partial charge in [-0.3, -0.25) is 0 Å². The second-order valence-corrected chi connectivity index (χ2v) is 8.90. The van der Waals surface area contributed by atoms with Crippen molar-refractivity contribution in [2.24, 2.45) is 0 Å². The van der Waals surface area contributed by atoms with Crippen LogP contribution in [0.4, 0.5) is 0 Å². The van der Waals surface area contributed by atoms with Crippen molar-refractivity contribution in [1.82, 2.24) is 9.29 Å². The molecule has 0 fully saturated rings. The Morgan fingerprint density at radius 1 is 1.08 bits per heavy atom. The number of aromatic nitrogens is 1. The number of rotatable bonds is 3. The maximum absolute atomic E-state index is 12.7. The lowest BCUT2D eigenvalue weighted by Gasteiger charge is -2.25. The Morgan fingerprint density at radius 3 is 2.60 bits per heavy atom. The zero-order chi connectivity index (χ0) is 17.4. The zero-order valence-corrected chi connectivity index (χ0v) is 15.8. The minimum Gasteiger partial charge on any atom is -0.361 e. The van der Waals surface area contributed by atoms with E-state index in [1.54, 1.807) is 24.3 Å². The third-order valence-electron chi connectivity index (χ3n) is 4.54. The number of hydrogen-bond acceptors (Lipinski definition) is 2. The van der Waals surface area contributed by atoms with Crippen molar-refractivity contribution in [2.75, 3.05) is 13.1 Å². The number of hydrogen-bond donors (Lipinski definition) is 1. The van der Waals surface area contributed by atoms with Gasteiger partial charge in [-0.15, -0.1) is 0 Å². The first kappa shape index (κ1) is 16.6. The van der Waals surface area contributed by atoms with E-state index in [0.29, 0.717) is 24.4 Å². The van der Waals surface area contributed by atoms with Crippen molar-refractivity contribution in [3.05, 3.63) is 70.8 Å². The van der Waals surface area contributed by atoms with Crippen LogP contribution in [0.2, 0.25) is 0 Å².